The maximum atomic E-state index is 12.8. The molecule has 1 aromatic heterocycles. The van der Waals surface area contributed by atoms with Crippen molar-refractivity contribution in [1.82, 2.24) is 9.88 Å². The Morgan fingerprint density at radius 2 is 1.90 bits per heavy atom. The lowest BCUT2D eigenvalue weighted by molar-refractivity contribution is 0.0788. The van der Waals surface area contributed by atoms with Crippen molar-refractivity contribution in [2.45, 2.75) is 39.8 Å². The molecule has 1 unspecified atom stereocenters. The topological polar surface area (TPSA) is 77.7 Å². The van der Waals surface area contributed by atoms with Gasteiger partial charge < -0.3 is 20.1 Å². The number of hydrogen-bond donors (Lipinski definition) is 1. The van der Waals surface area contributed by atoms with Gasteiger partial charge in [-0.1, -0.05) is 19.9 Å². The van der Waals surface area contributed by atoms with Crippen LogP contribution in [-0.4, -0.2) is 42.0 Å². The Labute approximate surface area is 192 Å². The number of amides is 1. The van der Waals surface area contributed by atoms with E-state index >= 15 is 0 Å². The predicted molar refractivity (Wildman–Crippen MR) is 125 cm³/mol. The van der Waals surface area contributed by atoms with Crippen molar-refractivity contribution in [1.29, 1.82) is 0 Å². The normalized spacial score (nSPS) is 11.1. The highest BCUT2D eigenvalue weighted by Gasteiger charge is 2.17. The Kier molecular flexibility index (Phi) is 13.1. The first-order chi connectivity index (χ1) is 13.4. The van der Waals surface area contributed by atoms with Gasteiger partial charge in [-0.25, -0.2) is 0 Å². The predicted octanol–water partition coefficient (Wildman–Crippen LogP) is 4.35. The number of hydrogen-bond acceptors (Lipinski definition) is 5. The van der Waals surface area contributed by atoms with Crippen LogP contribution in [0.4, 0.5) is 0 Å². The molecule has 1 aromatic carbocycles. The van der Waals surface area contributed by atoms with Crippen molar-refractivity contribution in [3.63, 3.8) is 0 Å². The highest BCUT2D eigenvalue weighted by Crippen LogP contribution is 2.29. The maximum absolute atomic E-state index is 12.8. The Balaban J connectivity index is 0.00000420. The van der Waals surface area contributed by atoms with Crippen LogP contribution in [0.15, 0.2) is 42.7 Å². The molecule has 1 amide bonds. The number of benzene rings is 1. The quantitative estimate of drug-likeness (QED) is 0.573. The summed E-state index contributed by atoms with van der Waals surface area (Å²) in [5.74, 6) is 1.50. The fourth-order valence-electron chi connectivity index (χ4n) is 2.67. The summed E-state index contributed by atoms with van der Waals surface area (Å²) in [5, 5.41) is 0. The van der Waals surface area contributed by atoms with E-state index in [4.69, 9.17) is 15.2 Å². The SMILES string of the molecule is CCOc1cc(C(=O)N(C)CCC(N)C(C)C)ccc1OCc1cccnc1.Cl.Cl. The molecule has 0 bridgehead atoms. The molecule has 8 heteroatoms. The molecule has 0 fully saturated rings. The van der Waals surface area contributed by atoms with Crippen LogP contribution in [0.2, 0.25) is 0 Å². The van der Waals surface area contributed by atoms with Crippen LogP contribution in [0, 0.1) is 5.92 Å². The van der Waals surface area contributed by atoms with Crippen molar-refractivity contribution in [2.75, 3.05) is 20.2 Å². The Morgan fingerprint density at radius 1 is 1.17 bits per heavy atom. The second-order valence-corrected chi connectivity index (χ2v) is 7.17. The van der Waals surface area contributed by atoms with E-state index in [1.54, 1.807) is 42.5 Å². The average molecular weight is 458 g/mol. The molecule has 1 heterocycles. The van der Waals surface area contributed by atoms with Gasteiger partial charge in [0.25, 0.3) is 5.91 Å². The number of ether oxygens (including phenoxy) is 2. The number of nitrogens with two attached hydrogens (primary N) is 1. The van der Waals surface area contributed by atoms with Crippen LogP contribution in [0.3, 0.4) is 0 Å². The van der Waals surface area contributed by atoms with Gasteiger partial charge in [0, 0.05) is 43.2 Å². The lowest BCUT2D eigenvalue weighted by Gasteiger charge is -2.22. The van der Waals surface area contributed by atoms with Gasteiger partial charge in [0.2, 0.25) is 0 Å². The van der Waals surface area contributed by atoms with Crippen LogP contribution in [-0.2, 0) is 6.61 Å². The van der Waals surface area contributed by atoms with E-state index in [9.17, 15) is 4.79 Å². The summed E-state index contributed by atoms with van der Waals surface area (Å²) >= 11 is 0. The number of pyridine rings is 1. The molecular weight excluding hydrogens is 425 g/mol. The standard InChI is InChI=1S/C22H31N3O3.2ClH/c1-5-27-21-13-18(22(26)25(4)12-10-19(23)16(2)3)8-9-20(21)28-15-17-7-6-11-24-14-17;;/h6-9,11,13-14,16,19H,5,10,12,15,23H2,1-4H3;2*1H. The van der Waals surface area contributed by atoms with Crippen LogP contribution < -0.4 is 15.2 Å². The largest absolute Gasteiger partial charge is 0.490 e. The summed E-state index contributed by atoms with van der Waals surface area (Å²) < 4.78 is 11.6. The first-order valence-corrected chi connectivity index (χ1v) is 9.72. The fourth-order valence-corrected chi connectivity index (χ4v) is 2.67. The fraction of sp³-hybridized carbons (Fsp3) is 0.455. The Morgan fingerprint density at radius 3 is 2.50 bits per heavy atom. The number of carbonyl (C=O) groups excluding carboxylic acids is 1. The number of halogens is 2. The summed E-state index contributed by atoms with van der Waals surface area (Å²) in [5.41, 5.74) is 7.62. The summed E-state index contributed by atoms with van der Waals surface area (Å²) in [6.45, 7) is 7.56. The molecule has 2 aromatic rings. The second-order valence-electron chi connectivity index (χ2n) is 7.17. The minimum atomic E-state index is -0.0595. The van der Waals surface area contributed by atoms with Gasteiger partial charge in [-0.05, 0) is 43.5 Å². The molecule has 2 N–H and O–H groups in total. The molecule has 0 spiro atoms. The van der Waals surface area contributed by atoms with Gasteiger partial charge in [-0.15, -0.1) is 24.8 Å². The number of carbonyl (C=O) groups is 1. The first kappa shape index (κ1) is 28.0. The monoisotopic (exact) mass is 457 g/mol. The zero-order valence-electron chi connectivity index (χ0n) is 18.0. The number of nitrogens with zero attached hydrogens (tertiary/aromatic N) is 2. The molecule has 0 radical (unpaired) electrons. The summed E-state index contributed by atoms with van der Waals surface area (Å²) in [7, 11) is 1.79. The van der Waals surface area contributed by atoms with E-state index in [0.29, 0.717) is 42.7 Å². The van der Waals surface area contributed by atoms with Crippen molar-refractivity contribution < 1.29 is 14.3 Å². The zero-order valence-corrected chi connectivity index (χ0v) is 19.7. The van der Waals surface area contributed by atoms with E-state index in [0.717, 1.165) is 12.0 Å². The maximum Gasteiger partial charge on any atom is 0.253 e. The van der Waals surface area contributed by atoms with Crippen LogP contribution in [0.25, 0.3) is 0 Å². The molecule has 0 saturated carbocycles. The van der Waals surface area contributed by atoms with Gasteiger partial charge in [0.05, 0.1) is 6.61 Å². The van der Waals surface area contributed by atoms with Gasteiger partial charge in [-0.2, -0.15) is 0 Å². The highest BCUT2D eigenvalue weighted by molar-refractivity contribution is 5.94. The van der Waals surface area contributed by atoms with E-state index < -0.39 is 0 Å². The third-order valence-corrected chi connectivity index (χ3v) is 4.61. The number of aromatic nitrogens is 1. The van der Waals surface area contributed by atoms with E-state index in [1.807, 2.05) is 19.1 Å². The minimum Gasteiger partial charge on any atom is -0.490 e. The van der Waals surface area contributed by atoms with Crippen molar-refractivity contribution in [2.24, 2.45) is 11.7 Å². The molecule has 0 aliphatic heterocycles. The average Bonchev–Trinajstić information content (AvgIpc) is 2.71. The van der Waals surface area contributed by atoms with E-state index in [1.165, 1.54) is 0 Å². The Hall–Kier alpha value is -2.02. The smallest absolute Gasteiger partial charge is 0.253 e. The molecule has 0 aliphatic rings. The van der Waals surface area contributed by atoms with Gasteiger partial charge in [0.1, 0.15) is 6.61 Å². The lowest BCUT2D eigenvalue weighted by Crippen LogP contribution is -2.34. The third-order valence-electron chi connectivity index (χ3n) is 4.61. The molecule has 2 rings (SSSR count). The van der Waals surface area contributed by atoms with Crippen molar-refractivity contribution in [3.05, 3.63) is 53.9 Å². The van der Waals surface area contributed by atoms with E-state index in [2.05, 4.69) is 18.8 Å². The van der Waals surface area contributed by atoms with E-state index in [-0.39, 0.29) is 36.8 Å². The third kappa shape index (κ3) is 8.38. The van der Waals surface area contributed by atoms with Gasteiger partial charge in [0.15, 0.2) is 11.5 Å². The summed E-state index contributed by atoms with van der Waals surface area (Å²) in [6.07, 6.45) is 4.25. The summed E-state index contributed by atoms with van der Waals surface area (Å²) in [6, 6.07) is 9.18. The van der Waals surface area contributed by atoms with Crippen molar-refractivity contribution in [3.8, 4) is 11.5 Å². The van der Waals surface area contributed by atoms with Crippen LogP contribution in [0.1, 0.15) is 43.1 Å². The molecule has 1 atom stereocenters. The van der Waals surface area contributed by atoms with Crippen LogP contribution in [0.5, 0.6) is 11.5 Å². The highest BCUT2D eigenvalue weighted by atomic mass is 35.5. The molecule has 0 aliphatic carbocycles. The van der Waals surface area contributed by atoms with Crippen LogP contribution >= 0.6 is 24.8 Å². The molecular formula is C22H33Cl2N3O3. The molecule has 0 saturated heterocycles. The summed E-state index contributed by atoms with van der Waals surface area (Å²) in [4.78, 5) is 18.5. The molecule has 30 heavy (non-hydrogen) atoms. The molecule has 168 valence electrons. The second kappa shape index (κ2) is 14.1. The number of rotatable bonds is 10. The zero-order chi connectivity index (χ0) is 20.5. The van der Waals surface area contributed by atoms with Crippen molar-refractivity contribution >= 4 is 30.7 Å². The first-order valence-electron chi connectivity index (χ1n) is 9.72. The lowest BCUT2D eigenvalue weighted by atomic mass is 10.0. The minimum absolute atomic E-state index is 0. The van der Waals surface area contributed by atoms with Gasteiger partial charge in [-0.3, -0.25) is 9.78 Å². The Bertz CT molecular complexity index is 761. The van der Waals surface area contributed by atoms with Gasteiger partial charge >= 0.3 is 0 Å². The molecule has 6 nitrogen and oxygen atoms in total.